The minimum absolute atomic E-state index is 0.0191. The SMILES string of the molecule is O=C(Nc1ccc(S(=O)(=O)NCc2ccco2)cc1)c1ccc(C(F)(F)F)nc1. The highest BCUT2D eigenvalue weighted by Crippen LogP contribution is 2.27. The number of carbonyl (C=O) groups excluding carboxylic acids is 1. The minimum atomic E-state index is -4.60. The lowest BCUT2D eigenvalue weighted by molar-refractivity contribution is -0.141. The van der Waals surface area contributed by atoms with Gasteiger partial charge in [0.25, 0.3) is 5.91 Å². The first-order chi connectivity index (χ1) is 13.6. The van der Waals surface area contributed by atoms with Crippen molar-refractivity contribution in [2.24, 2.45) is 0 Å². The second kappa shape index (κ2) is 8.05. The number of halogens is 3. The summed E-state index contributed by atoms with van der Waals surface area (Å²) in [7, 11) is -3.79. The molecule has 2 heterocycles. The lowest BCUT2D eigenvalue weighted by Crippen LogP contribution is -2.23. The first-order valence-electron chi connectivity index (χ1n) is 8.12. The van der Waals surface area contributed by atoms with Gasteiger partial charge in [0.1, 0.15) is 11.5 Å². The van der Waals surface area contributed by atoms with E-state index in [4.69, 9.17) is 4.42 Å². The molecule has 0 radical (unpaired) electrons. The van der Waals surface area contributed by atoms with E-state index in [1.54, 1.807) is 12.1 Å². The van der Waals surface area contributed by atoms with E-state index in [0.29, 0.717) is 11.8 Å². The zero-order valence-electron chi connectivity index (χ0n) is 14.6. The standard InChI is InChI=1S/C18H14F3N3O4S/c19-18(20,21)16-8-3-12(10-22-16)17(25)24-13-4-6-15(7-5-13)29(26,27)23-11-14-2-1-9-28-14/h1-10,23H,11H2,(H,24,25). The normalized spacial score (nSPS) is 12.0. The van der Waals surface area contributed by atoms with E-state index in [9.17, 15) is 26.4 Å². The Bertz CT molecular complexity index is 1080. The maximum Gasteiger partial charge on any atom is 0.433 e. The molecule has 7 nitrogen and oxygen atoms in total. The minimum Gasteiger partial charge on any atom is -0.468 e. The molecule has 152 valence electrons. The van der Waals surface area contributed by atoms with E-state index in [1.165, 1.54) is 30.5 Å². The quantitative estimate of drug-likeness (QED) is 0.630. The Morgan fingerprint density at radius 2 is 1.79 bits per heavy atom. The average molecular weight is 425 g/mol. The van der Waals surface area contributed by atoms with E-state index < -0.39 is 27.8 Å². The highest BCUT2D eigenvalue weighted by molar-refractivity contribution is 7.89. The van der Waals surface area contributed by atoms with Crippen LogP contribution in [0.5, 0.6) is 0 Å². The molecule has 1 aromatic carbocycles. The Balaban J connectivity index is 1.64. The Kier molecular flexibility index (Phi) is 5.71. The fourth-order valence-electron chi connectivity index (χ4n) is 2.28. The number of furan rings is 1. The third kappa shape index (κ3) is 5.21. The highest BCUT2D eigenvalue weighted by Gasteiger charge is 2.32. The van der Waals surface area contributed by atoms with Gasteiger partial charge in [-0.1, -0.05) is 0 Å². The van der Waals surface area contributed by atoms with Gasteiger partial charge in [-0.2, -0.15) is 13.2 Å². The van der Waals surface area contributed by atoms with Crippen molar-refractivity contribution >= 4 is 21.6 Å². The number of nitrogens with one attached hydrogen (secondary N) is 2. The molecule has 0 aliphatic rings. The van der Waals surface area contributed by atoms with Crippen molar-refractivity contribution < 1.29 is 30.8 Å². The third-order valence-corrected chi connectivity index (χ3v) is 5.17. The van der Waals surface area contributed by atoms with Crippen molar-refractivity contribution in [2.75, 3.05) is 5.32 Å². The summed E-state index contributed by atoms with van der Waals surface area (Å²) in [5, 5.41) is 2.46. The van der Waals surface area contributed by atoms with Crippen LogP contribution in [0, 0.1) is 0 Å². The molecule has 0 spiro atoms. The molecule has 1 amide bonds. The molecule has 29 heavy (non-hydrogen) atoms. The Morgan fingerprint density at radius 1 is 1.07 bits per heavy atom. The summed E-state index contributed by atoms with van der Waals surface area (Å²) in [4.78, 5) is 15.3. The van der Waals surface area contributed by atoms with Gasteiger partial charge in [-0.15, -0.1) is 0 Å². The van der Waals surface area contributed by atoms with E-state index in [1.807, 2.05) is 0 Å². The third-order valence-electron chi connectivity index (χ3n) is 3.76. The summed E-state index contributed by atoms with van der Waals surface area (Å²) in [5.74, 6) is -0.236. The van der Waals surface area contributed by atoms with Crippen LogP contribution in [0.3, 0.4) is 0 Å². The molecular weight excluding hydrogens is 411 g/mol. The fourth-order valence-corrected chi connectivity index (χ4v) is 3.27. The van der Waals surface area contributed by atoms with Crippen LogP contribution in [0.4, 0.5) is 18.9 Å². The summed E-state index contributed by atoms with van der Waals surface area (Å²) in [5.41, 5.74) is -0.916. The lowest BCUT2D eigenvalue weighted by Gasteiger charge is -2.09. The smallest absolute Gasteiger partial charge is 0.433 e. The van der Waals surface area contributed by atoms with E-state index in [-0.39, 0.29) is 22.7 Å². The van der Waals surface area contributed by atoms with E-state index in [0.717, 1.165) is 12.3 Å². The number of carbonyl (C=O) groups is 1. The Hall–Kier alpha value is -3.18. The number of rotatable bonds is 6. The van der Waals surface area contributed by atoms with Gasteiger partial charge in [-0.3, -0.25) is 9.78 Å². The Morgan fingerprint density at radius 3 is 2.34 bits per heavy atom. The molecule has 0 aliphatic carbocycles. The molecule has 0 aliphatic heterocycles. The number of pyridine rings is 1. The van der Waals surface area contributed by atoms with Gasteiger partial charge >= 0.3 is 6.18 Å². The summed E-state index contributed by atoms with van der Waals surface area (Å²) in [6.45, 7) is -0.0191. The number of nitrogens with zero attached hydrogens (tertiary/aromatic N) is 1. The van der Waals surface area contributed by atoms with E-state index in [2.05, 4.69) is 15.0 Å². The average Bonchev–Trinajstić information content (AvgIpc) is 3.20. The number of aromatic nitrogens is 1. The van der Waals surface area contributed by atoms with Crippen LogP contribution < -0.4 is 10.0 Å². The van der Waals surface area contributed by atoms with Gasteiger partial charge in [0.2, 0.25) is 10.0 Å². The zero-order chi connectivity index (χ0) is 21.1. The number of hydrogen-bond donors (Lipinski definition) is 2. The highest BCUT2D eigenvalue weighted by atomic mass is 32.2. The van der Waals surface area contributed by atoms with Crippen molar-refractivity contribution in [3.05, 3.63) is 78.0 Å². The van der Waals surface area contributed by atoms with Crippen LogP contribution in [-0.2, 0) is 22.7 Å². The van der Waals surface area contributed by atoms with Gasteiger partial charge in [0, 0.05) is 11.9 Å². The van der Waals surface area contributed by atoms with Crippen LogP contribution in [0.1, 0.15) is 21.8 Å². The molecule has 2 aromatic heterocycles. The van der Waals surface area contributed by atoms with Crippen LogP contribution in [-0.4, -0.2) is 19.3 Å². The lowest BCUT2D eigenvalue weighted by atomic mass is 10.2. The van der Waals surface area contributed by atoms with Crippen molar-refractivity contribution in [3.63, 3.8) is 0 Å². The number of sulfonamides is 1. The second-order valence-electron chi connectivity index (χ2n) is 5.81. The van der Waals surface area contributed by atoms with Crippen LogP contribution in [0.25, 0.3) is 0 Å². The number of anilines is 1. The van der Waals surface area contributed by atoms with Gasteiger partial charge in [-0.05, 0) is 48.5 Å². The molecule has 0 unspecified atom stereocenters. The first kappa shape index (κ1) is 20.6. The number of hydrogen-bond acceptors (Lipinski definition) is 5. The van der Waals surface area contributed by atoms with Gasteiger partial charge in [-0.25, -0.2) is 13.1 Å². The van der Waals surface area contributed by atoms with Crippen LogP contribution in [0.2, 0.25) is 0 Å². The number of alkyl halides is 3. The van der Waals surface area contributed by atoms with Crippen molar-refractivity contribution in [1.29, 1.82) is 0 Å². The predicted molar refractivity (Wildman–Crippen MR) is 96.4 cm³/mol. The second-order valence-corrected chi connectivity index (χ2v) is 7.58. The molecule has 2 N–H and O–H groups in total. The topological polar surface area (TPSA) is 101 Å². The maximum absolute atomic E-state index is 12.5. The number of amides is 1. The van der Waals surface area contributed by atoms with Crippen LogP contribution in [0.15, 0.2) is 70.3 Å². The summed E-state index contributed by atoms with van der Waals surface area (Å²) in [6.07, 6.45) is -2.36. The molecule has 3 aromatic rings. The van der Waals surface area contributed by atoms with Crippen molar-refractivity contribution in [1.82, 2.24) is 9.71 Å². The van der Waals surface area contributed by atoms with Crippen molar-refractivity contribution in [2.45, 2.75) is 17.6 Å². The van der Waals surface area contributed by atoms with Crippen molar-refractivity contribution in [3.8, 4) is 0 Å². The molecule has 11 heteroatoms. The van der Waals surface area contributed by atoms with Crippen LogP contribution >= 0.6 is 0 Å². The molecule has 0 saturated heterocycles. The van der Waals surface area contributed by atoms with Gasteiger partial charge < -0.3 is 9.73 Å². The van der Waals surface area contributed by atoms with Gasteiger partial charge in [0.15, 0.2) is 0 Å². The largest absolute Gasteiger partial charge is 0.468 e. The fraction of sp³-hybridized carbons (Fsp3) is 0.111. The maximum atomic E-state index is 12.5. The molecule has 0 fully saturated rings. The molecule has 0 atom stereocenters. The molecule has 3 rings (SSSR count). The Labute approximate surface area is 163 Å². The molecular formula is C18H14F3N3O4S. The van der Waals surface area contributed by atoms with Gasteiger partial charge in [0.05, 0.1) is 23.3 Å². The summed E-state index contributed by atoms with van der Waals surface area (Å²) >= 11 is 0. The van der Waals surface area contributed by atoms with E-state index >= 15 is 0 Å². The monoisotopic (exact) mass is 425 g/mol. The number of benzene rings is 1. The zero-order valence-corrected chi connectivity index (χ0v) is 15.4. The predicted octanol–water partition coefficient (Wildman–Crippen LogP) is 3.42. The molecule has 0 saturated carbocycles. The molecule has 0 bridgehead atoms. The first-order valence-corrected chi connectivity index (χ1v) is 9.60. The summed E-state index contributed by atoms with van der Waals surface area (Å²) in [6, 6.07) is 10.2. The summed E-state index contributed by atoms with van der Waals surface area (Å²) < 4.78 is 69.5.